The van der Waals surface area contributed by atoms with Gasteiger partial charge in [-0.15, -0.1) is 0 Å². The van der Waals surface area contributed by atoms with Gasteiger partial charge in [0.2, 0.25) is 0 Å². The lowest BCUT2D eigenvalue weighted by molar-refractivity contribution is -0.133. The molecule has 2 aliphatic rings. The fourth-order valence-corrected chi connectivity index (χ4v) is 4.53. The molecule has 1 heterocycles. The van der Waals surface area contributed by atoms with Gasteiger partial charge in [0.15, 0.2) is 5.78 Å². The summed E-state index contributed by atoms with van der Waals surface area (Å²) in [6.45, 7) is 1.84. The van der Waals surface area contributed by atoms with Crippen molar-refractivity contribution in [2.45, 2.75) is 44.8 Å². The number of Topliss-reactive ketones (excluding diaryl/α,β-unsaturated/α-hetero) is 2. The number of amides is 2. The van der Waals surface area contributed by atoms with Crippen LogP contribution < -0.4 is 5.32 Å². The normalized spacial score (nSPS) is 19.4. The van der Waals surface area contributed by atoms with Crippen molar-refractivity contribution in [3.63, 3.8) is 0 Å². The first kappa shape index (κ1) is 21.2. The van der Waals surface area contributed by atoms with E-state index in [1.165, 1.54) is 23.1 Å². The third kappa shape index (κ3) is 3.97. The molecule has 4 rings (SSSR count). The van der Waals surface area contributed by atoms with Crippen molar-refractivity contribution < 1.29 is 23.6 Å². The van der Waals surface area contributed by atoms with Gasteiger partial charge in [-0.2, -0.15) is 0 Å². The van der Waals surface area contributed by atoms with Crippen molar-refractivity contribution in [2.24, 2.45) is 0 Å². The second kappa shape index (κ2) is 8.23. The molecule has 2 amide bonds. The van der Waals surface area contributed by atoms with Crippen LogP contribution in [-0.4, -0.2) is 34.3 Å². The molecule has 8 heteroatoms. The molecule has 0 bridgehead atoms. The molecule has 160 valence electrons. The average molecular weight is 443 g/mol. The molecule has 2 aromatic carbocycles. The molecule has 0 spiro atoms. The van der Waals surface area contributed by atoms with Crippen LogP contribution in [0.5, 0.6) is 0 Å². The van der Waals surface area contributed by atoms with Crippen LogP contribution in [0.3, 0.4) is 0 Å². The number of rotatable bonds is 4. The van der Waals surface area contributed by atoms with Crippen LogP contribution in [0.4, 0.5) is 4.39 Å². The highest BCUT2D eigenvalue weighted by Gasteiger charge is 2.39. The van der Waals surface area contributed by atoms with Gasteiger partial charge in [0, 0.05) is 34.7 Å². The van der Waals surface area contributed by atoms with E-state index in [1.807, 2.05) is 0 Å². The minimum absolute atomic E-state index is 0.103. The second-order valence-corrected chi connectivity index (χ2v) is 8.28. The Morgan fingerprint density at radius 3 is 2.71 bits per heavy atom. The number of hydrogen-bond acceptors (Lipinski definition) is 4. The number of benzene rings is 2. The van der Waals surface area contributed by atoms with Crippen LogP contribution in [0, 0.1) is 5.82 Å². The Labute approximate surface area is 183 Å². The molecule has 1 saturated carbocycles. The second-order valence-electron chi connectivity index (χ2n) is 7.87. The Bertz CT molecular complexity index is 1100. The van der Waals surface area contributed by atoms with E-state index < -0.39 is 23.8 Å². The number of nitrogens with zero attached hydrogens (tertiary/aromatic N) is 1. The molecule has 0 saturated heterocycles. The molecule has 2 aromatic rings. The lowest BCUT2D eigenvalue weighted by Gasteiger charge is -2.29. The molecule has 1 aliphatic carbocycles. The summed E-state index contributed by atoms with van der Waals surface area (Å²) in [5.74, 6) is -1.56. The summed E-state index contributed by atoms with van der Waals surface area (Å²) in [5.41, 5.74) is 1.59. The van der Waals surface area contributed by atoms with Crippen molar-refractivity contribution in [2.75, 3.05) is 0 Å². The SMILES string of the molecule is C[C@H](NC(=O)c1ccc2c(c1)CN(C1CCC(=O)CC1=O)C2=O)c1c(F)cccc1Cl. The Morgan fingerprint density at radius 2 is 2.00 bits per heavy atom. The summed E-state index contributed by atoms with van der Waals surface area (Å²) in [6, 6.07) is 7.74. The molecule has 1 unspecified atom stereocenters. The Hall–Kier alpha value is -3.06. The predicted molar refractivity (Wildman–Crippen MR) is 111 cm³/mol. The average Bonchev–Trinajstić information content (AvgIpc) is 3.03. The maximum absolute atomic E-state index is 14.1. The lowest BCUT2D eigenvalue weighted by atomic mass is 9.92. The number of carbonyl (C=O) groups excluding carboxylic acids is 4. The molecule has 0 radical (unpaired) electrons. The van der Waals surface area contributed by atoms with Crippen LogP contribution in [0.15, 0.2) is 36.4 Å². The third-order valence-electron chi connectivity index (χ3n) is 5.80. The van der Waals surface area contributed by atoms with E-state index in [9.17, 15) is 23.6 Å². The predicted octanol–water partition coefficient (Wildman–Crippen LogP) is 3.62. The van der Waals surface area contributed by atoms with Gasteiger partial charge in [-0.3, -0.25) is 19.2 Å². The molecule has 1 aliphatic heterocycles. The quantitative estimate of drug-likeness (QED) is 0.733. The van der Waals surface area contributed by atoms with E-state index in [4.69, 9.17) is 11.6 Å². The molecule has 31 heavy (non-hydrogen) atoms. The molecular formula is C23H20ClFN2O4. The largest absolute Gasteiger partial charge is 0.345 e. The first-order valence-electron chi connectivity index (χ1n) is 9.99. The first-order chi connectivity index (χ1) is 14.8. The smallest absolute Gasteiger partial charge is 0.255 e. The summed E-state index contributed by atoms with van der Waals surface area (Å²) >= 11 is 6.07. The number of fused-ring (bicyclic) bond motifs is 1. The van der Waals surface area contributed by atoms with Crippen LogP contribution in [-0.2, 0) is 16.1 Å². The lowest BCUT2D eigenvalue weighted by Crippen LogP contribution is -2.44. The molecule has 2 atom stereocenters. The zero-order chi connectivity index (χ0) is 22.3. The Kier molecular flexibility index (Phi) is 5.62. The van der Waals surface area contributed by atoms with Gasteiger partial charge < -0.3 is 10.2 Å². The van der Waals surface area contributed by atoms with E-state index >= 15 is 0 Å². The number of nitrogens with one attached hydrogen (secondary N) is 1. The van der Waals surface area contributed by atoms with Gasteiger partial charge in [-0.25, -0.2) is 4.39 Å². The fourth-order valence-electron chi connectivity index (χ4n) is 4.20. The first-order valence-corrected chi connectivity index (χ1v) is 10.4. The molecule has 6 nitrogen and oxygen atoms in total. The summed E-state index contributed by atoms with van der Waals surface area (Å²) in [5, 5.41) is 2.95. The molecular weight excluding hydrogens is 423 g/mol. The topological polar surface area (TPSA) is 83.6 Å². The highest BCUT2D eigenvalue weighted by molar-refractivity contribution is 6.31. The van der Waals surface area contributed by atoms with Gasteiger partial charge in [-0.05, 0) is 49.2 Å². The minimum Gasteiger partial charge on any atom is -0.345 e. The Balaban J connectivity index is 1.51. The van der Waals surface area contributed by atoms with Gasteiger partial charge in [0.05, 0.1) is 18.5 Å². The van der Waals surface area contributed by atoms with Crippen LogP contribution in [0.25, 0.3) is 0 Å². The van der Waals surface area contributed by atoms with Gasteiger partial charge in [-0.1, -0.05) is 17.7 Å². The number of ketones is 2. The van der Waals surface area contributed by atoms with Crippen molar-refractivity contribution in [1.29, 1.82) is 0 Å². The summed E-state index contributed by atoms with van der Waals surface area (Å²) in [7, 11) is 0. The summed E-state index contributed by atoms with van der Waals surface area (Å²) in [4.78, 5) is 50.7. The monoisotopic (exact) mass is 442 g/mol. The number of hydrogen-bond donors (Lipinski definition) is 1. The highest BCUT2D eigenvalue weighted by atomic mass is 35.5. The maximum atomic E-state index is 14.1. The van der Waals surface area contributed by atoms with E-state index in [0.717, 1.165) is 0 Å². The molecule has 1 fully saturated rings. The van der Waals surface area contributed by atoms with E-state index in [0.29, 0.717) is 23.1 Å². The van der Waals surface area contributed by atoms with E-state index in [-0.39, 0.29) is 47.4 Å². The molecule has 0 aromatic heterocycles. The zero-order valence-electron chi connectivity index (χ0n) is 16.8. The fraction of sp³-hybridized carbons (Fsp3) is 0.304. The van der Waals surface area contributed by atoms with Crippen LogP contribution in [0.2, 0.25) is 5.02 Å². The van der Waals surface area contributed by atoms with Gasteiger partial charge in [0.25, 0.3) is 11.8 Å². The van der Waals surface area contributed by atoms with Gasteiger partial charge in [0.1, 0.15) is 11.6 Å². The van der Waals surface area contributed by atoms with Gasteiger partial charge >= 0.3 is 0 Å². The van der Waals surface area contributed by atoms with Crippen molar-refractivity contribution in [1.82, 2.24) is 10.2 Å². The van der Waals surface area contributed by atoms with Crippen molar-refractivity contribution in [3.8, 4) is 0 Å². The van der Waals surface area contributed by atoms with Crippen molar-refractivity contribution in [3.05, 3.63) is 69.5 Å². The van der Waals surface area contributed by atoms with Crippen LogP contribution >= 0.6 is 11.6 Å². The zero-order valence-corrected chi connectivity index (χ0v) is 17.5. The number of carbonyl (C=O) groups is 4. The minimum atomic E-state index is -0.662. The Morgan fingerprint density at radius 1 is 1.23 bits per heavy atom. The maximum Gasteiger partial charge on any atom is 0.255 e. The van der Waals surface area contributed by atoms with Crippen molar-refractivity contribution >= 4 is 35.0 Å². The summed E-state index contributed by atoms with van der Waals surface area (Å²) < 4.78 is 14.1. The van der Waals surface area contributed by atoms with E-state index in [1.54, 1.807) is 25.1 Å². The standard InChI is InChI=1S/C23H20ClFN2O4/c1-12(21-17(24)3-2-4-18(21)25)26-22(30)13-5-7-16-14(9-13)11-27(23(16)31)19-8-6-15(28)10-20(19)29/h2-5,7,9,12,19H,6,8,10-11H2,1H3,(H,26,30)/t12-,19?/m0/s1. The third-order valence-corrected chi connectivity index (χ3v) is 6.13. The summed E-state index contributed by atoms with van der Waals surface area (Å²) in [6.07, 6.45) is 0.460. The number of halogens is 2. The van der Waals surface area contributed by atoms with Crippen LogP contribution in [0.1, 0.15) is 64.1 Å². The van der Waals surface area contributed by atoms with E-state index in [2.05, 4.69) is 5.32 Å². The highest BCUT2D eigenvalue weighted by Crippen LogP contribution is 2.30. The molecule has 1 N–H and O–H groups in total.